The van der Waals surface area contributed by atoms with E-state index in [4.69, 9.17) is 0 Å². The molecule has 0 amide bonds. The molecule has 2 aliphatic heterocycles. The van der Waals surface area contributed by atoms with Crippen molar-refractivity contribution in [3.63, 3.8) is 0 Å². The topological polar surface area (TPSA) is 6.48 Å². The Labute approximate surface area is 125 Å². The van der Waals surface area contributed by atoms with E-state index in [-0.39, 0.29) is 0 Å². The van der Waals surface area contributed by atoms with Gasteiger partial charge in [-0.05, 0) is 61.9 Å². The zero-order valence-corrected chi connectivity index (χ0v) is 14.1. The van der Waals surface area contributed by atoms with Crippen LogP contribution in [-0.2, 0) is 0 Å². The molecule has 2 heteroatoms. The second kappa shape index (κ2) is 5.61. The number of hydrogen-bond donors (Lipinski definition) is 0. The SMILES string of the molecule is CC(C)CN1CC2(CCN(C3CC(C(C)C)C3)CC2)C1. The van der Waals surface area contributed by atoms with Crippen molar-refractivity contribution in [2.24, 2.45) is 23.2 Å². The van der Waals surface area contributed by atoms with Crippen molar-refractivity contribution in [2.45, 2.75) is 59.4 Å². The molecule has 0 unspecified atom stereocenters. The molecule has 0 aromatic carbocycles. The van der Waals surface area contributed by atoms with Gasteiger partial charge < -0.3 is 9.80 Å². The monoisotopic (exact) mass is 278 g/mol. The van der Waals surface area contributed by atoms with Gasteiger partial charge in [-0.3, -0.25) is 0 Å². The highest BCUT2D eigenvalue weighted by Crippen LogP contribution is 2.44. The fraction of sp³-hybridized carbons (Fsp3) is 1.00. The minimum atomic E-state index is 0.715. The van der Waals surface area contributed by atoms with Gasteiger partial charge in [0.15, 0.2) is 0 Å². The Hall–Kier alpha value is -0.0800. The quantitative estimate of drug-likeness (QED) is 0.777. The van der Waals surface area contributed by atoms with Gasteiger partial charge in [0.2, 0.25) is 0 Å². The van der Waals surface area contributed by atoms with Crippen molar-refractivity contribution in [3.8, 4) is 0 Å². The van der Waals surface area contributed by atoms with Gasteiger partial charge in [0.25, 0.3) is 0 Å². The Morgan fingerprint density at radius 3 is 2.10 bits per heavy atom. The Morgan fingerprint density at radius 2 is 1.60 bits per heavy atom. The average molecular weight is 278 g/mol. The fourth-order valence-corrected chi connectivity index (χ4v) is 4.70. The van der Waals surface area contributed by atoms with Gasteiger partial charge in [-0.2, -0.15) is 0 Å². The van der Waals surface area contributed by atoms with E-state index in [9.17, 15) is 0 Å². The van der Waals surface area contributed by atoms with E-state index < -0.39 is 0 Å². The lowest BCUT2D eigenvalue weighted by molar-refractivity contribution is -0.0713. The molecule has 0 bridgehead atoms. The summed E-state index contributed by atoms with van der Waals surface area (Å²) in [5.74, 6) is 2.75. The molecule has 0 aromatic rings. The molecule has 0 N–H and O–H groups in total. The summed E-state index contributed by atoms with van der Waals surface area (Å²) in [6.45, 7) is 16.3. The Morgan fingerprint density at radius 1 is 1.00 bits per heavy atom. The maximum Gasteiger partial charge on any atom is 0.0101 e. The van der Waals surface area contributed by atoms with Crippen molar-refractivity contribution in [3.05, 3.63) is 0 Å². The fourth-order valence-electron chi connectivity index (χ4n) is 4.70. The van der Waals surface area contributed by atoms with Gasteiger partial charge >= 0.3 is 0 Å². The minimum Gasteiger partial charge on any atom is -0.302 e. The minimum absolute atomic E-state index is 0.715. The van der Waals surface area contributed by atoms with Gasteiger partial charge in [0, 0.05) is 25.7 Å². The van der Waals surface area contributed by atoms with Crippen LogP contribution < -0.4 is 0 Å². The number of hydrogen-bond acceptors (Lipinski definition) is 2. The predicted octanol–water partition coefficient (Wildman–Crippen LogP) is 3.47. The molecule has 116 valence electrons. The lowest BCUT2D eigenvalue weighted by Gasteiger charge is -2.57. The van der Waals surface area contributed by atoms with Crippen LogP contribution in [0, 0.1) is 23.2 Å². The molecule has 1 saturated carbocycles. The van der Waals surface area contributed by atoms with Crippen LogP contribution in [0.2, 0.25) is 0 Å². The first kappa shape index (κ1) is 14.8. The molecule has 0 atom stereocenters. The summed E-state index contributed by atoms with van der Waals surface area (Å²) in [6, 6.07) is 0.937. The highest BCUT2D eigenvalue weighted by atomic mass is 15.2. The predicted molar refractivity (Wildman–Crippen MR) is 85.9 cm³/mol. The third-order valence-electron chi connectivity index (χ3n) is 6.21. The lowest BCUT2D eigenvalue weighted by atomic mass is 9.69. The summed E-state index contributed by atoms with van der Waals surface area (Å²) < 4.78 is 0. The van der Waals surface area contributed by atoms with E-state index in [1.165, 1.54) is 58.4 Å². The number of piperidine rings is 1. The molecule has 3 rings (SSSR count). The van der Waals surface area contributed by atoms with Crippen molar-refractivity contribution in [2.75, 3.05) is 32.7 Å². The van der Waals surface area contributed by atoms with Gasteiger partial charge in [0.05, 0.1) is 0 Å². The molecule has 3 aliphatic rings. The van der Waals surface area contributed by atoms with Crippen LogP contribution in [-0.4, -0.2) is 48.6 Å². The van der Waals surface area contributed by atoms with E-state index >= 15 is 0 Å². The maximum absolute atomic E-state index is 2.81. The van der Waals surface area contributed by atoms with Gasteiger partial charge in [-0.1, -0.05) is 27.7 Å². The molecular formula is C18H34N2. The first-order chi connectivity index (χ1) is 9.47. The van der Waals surface area contributed by atoms with Gasteiger partial charge in [-0.15, -0.1) is 0 Å². The Bertz CT molecular complexity index is 314. The van der Waals surface area contributed by atoms with Crippen LogP contribution in [0.15, 0.2) is 0 Å². The van der Waals surface area contributed by atoms with E-state index in [2.05, 4.69) is 37.5 Å². The maximum atomic E-state index is 2.81. The van der Waals surface area contributed by atoms with E-state index in [1.807, 2.05) is 0 Å². The van der Waals surface area contributed by atoms with Gasteiger partial charge in [0.1, 0.15) is 0 Å². The number of rotatable bonds is 4. The van der Waals surface area contributed by atoms with E-state index in [0.717, 1.165) is 23.8 Å². The van der Waals surface area contributed by atoms with E-state index in [1.54, 1.807) is 0 Å². The first-order valence-electron chi connectivity index (χ1n) is 8.94. The van der Waals surface area contributed by atoms with Crippen molar-refractivity contribution < 1.29 is 0 Å². The summed E-state index contributed by atoms with van der Waals surface area (Å²) in [7, 11) is 0. The third kappa shape index (κ3) is 2.92. The second-order valence-electron chi connectivity index (χ2n) is 8.73. The Kier molecular flexibility index (Phi) is 4.16. The van der Waals surface area contributed by atoms with Crippen LogP contribution in [0.1, 0.15) is 53.4 Å². The van der Waals surface area contributed by atoms with Crippen molar-refractivity contribution >= 4 is 0 Å². The average Bonchev–Trinajstić information content (AvgIpc) is 2.26. The second-order valence-corrected chi connectivity index (χ2v) is 8.73. The standard InChI is InChI=1S/C18H34N2/c1-14(2)11-19-12-18(13-19)5-7-20(8-6-18)17-9-16(10-17)15(3)4/h14-17H,5-13H2,1-4H3. The highest BCUT2D eigenvalue weighted by Gasteiger charge is 2.46. The van der Waals surface area contributed by atoms with Crippen LogP contribution in [0.3, 0.4) is 0 Å². The third-order valence-corrected chi connectivity index (χ3v) is 6.21. The van der Waals surface area contributed by atoms with Crippen molar-refractivity contribution in [1.29, 1.82) is 0 Å². The van der Waals surface area contributed by atoms with Crippen LogP contribution >= 0.6 is 0 Å². The number of likely N-dealkylation sites (tertiary alicyclic amines) is 2. The molecule has 1 spiro atoms. The largest absolute Gasteiger partial charge is 0.302 e. The summed E-state index contributed by atoms with van der Waals surface area (Å²) in [4.78, 5) is 5.49. The molecule has 0 aromatic heterocycles. The Balaban J connectivity index is 1.39. The molecule has 1 aliphatic carbocycles. The zero-order chi connectivity index (χ0) is 14.3. The summed E-state index contributed by atoms with van der Waals surface area (Å²) >= 11 is 0. The molecule has 2 heterocycles. The van der Waals surface area contributed by atoms with Crippen LogP contribution in [0.5, 0.6) is 0 Å². The van der Waals surface area contributed by atoms with E-state index in [0.29, 0.717) is 5.41 Å². The van der Waals surface area contributed by atoms with Crippen molar-refractivity contribution in [1.82, 2.24) is 9.80 Å². The molecule has 2 saturated heterocycles. The lowest BCUT2D eigenvalue weighted by Crippen LogP contribution is -2.62. The van der Waals surface area contributed by atoms with Crippen LogP contribution in [0.25, 0.3) is 0 Å². The molecule has 3 fully saturated rings. The summed E-state index contributed by atoms with van der Waals surface area (Å²) in [5.41, 5.74) is 0.715. The molecule has 20 heavy (non-hydrogen) atoms. The highest BCUT2D eigenvalue weighted by molar-refractivity contribution is 5.00. The summed E-state index contributed by atoms with van der Waals surface area (Å²) in [5, 5.41) is 0. The zero-order valence-electron chi connectivity index (χ0n) is 14.1. The normalized spacial score (nSPS) is 34.5. The molecule has 2 nitrogen and oxygen atoms in total. The molecule has 0 radical (unpaired) electrons. The first-order valence-corrected chi connectivity index (χ1v) is 8.94. The van der Waals surface area contributed by atoms with Crippen LogP contribution in [0.4, 0.5) is 0 Å². The molecular weight excluding hydrogens is 244 g/mol. The van der Waals surface area contributed by atoms with Gasteiger partial charge in [-0.25, -0.2) is 0 Å². The summed E-state index contributed by atoms with van der Waals surface area (Å²) in [6.07, 6.45) is 5.88. The smallest absolute Gasteiger partial charge is 0.0101 e. The number of nitrogens with zero attached hydrogens (tertiary/aromatic N) is 2.